The van der Waals surface area contributed by atoms with Crippen LogP contribution in [-0.4, -0.2) is 22.9 Å². The van der Waals surface area contributed by atoms with Gasteiger partial charge < -0.3 is 4.98 Å². The number of H-pyrrole nitrogens is 1. The molecule has 100 valence electrons. The molecule has 2 heterocycles. The predicted molar refractivity (Wildman–Crippen MR) is 79.1 cm³/mol. The number of nitrogens with zero attached hydrogens (tertiary/aromatic N) is 2. The second-order valence-electron chi connectivity index (χ2n) is 4.34. The highest BCUT2D eigenvalue weighted by Gasteiger charge is 2.11. The third kappa shape index (κ3) is 3.92. The summed E-state index contributed by atoms with van der Waals surface area (Å²) < 4.78 is 0.906. The van der Waals surface area contributed by atoms with Crippen LogP contribution in [0.3, 0.4) is 0 Å². The van der Waals surface area contributed by atoms with Crippen molar-refractivity contribution in [3.8, 4) is 0 Å². The van der Waals surface area contributed by atoms with E-state index < -0.39 is 0 Å². The van der Waals surface area contributed by atoms with Crippen LogP contribution >= 0.6 is 15.9 Å². The van der Waals surface area contributed by atoms with E-state index in [0.29, 0.717) is 12.2 Å². The summed E-state index contributed by atoms with van der Waals surface area (Å²) in [4.78, 5) is 21.0. The summed E-state index contributed by atoms with van der Waals surface area (Å²) in [5.41, 5.74) is 1.16. The summed E-state index contributed by atoms with van der Waals surface area (Å²) in [5, 5.41) is 0. The van der Waals surface area contributed by atoms with Crippen molar-refractivity contribution in [2.24, 2.45) is 0 Å². The summed E-state index contributed by atoms with van der Waals surface area (Å²) >= 11 is 3.33. The second-order valence-corrected chi connectivity index (χ2v) is 5.25. The summed E-state index contributed by atoms with van der Waals surface area (Å²) in [5.74, 6) is 0.759. The van der Waals surface area contributed by atoms with Crippen LogP contribution in [0.15, 0.2) is 41.1 Å². The molecule has 19 heavy (non-hydrogen) atoms. The van der Waals surface area contributed by atoms with Crippen LogP contribution in [0.25, 0.3) is 0 Å². The Bertz CT molecular complexity index is 522. The van der Waals surface area contributed by atoms with Gasteiger partial charge in [-0.2, -0.15) is 0 Å². The third-order valence-electron chi connectivity index (χ3n) is 2.93. The van der Waals surface area contributed by atoms with Gasteiger partial charge in [0.05, 0.1) is 0 Å². The fourth-order valence-electron chi connectivity index (χ4n) is 1.81. The van der Waals surface area contributed by atoms with Crippen LogP contribution in [0, 0.1) is 0 Å². The predicted octanol–water partition coefficient (Wildman–Crippen LogP) is 3.16. The van der Waals surface area contributed by atoms with Gasteiger partial charge in [0.1, 0.15) is 5.82 Å². The van der Waals surface area contributed by atoms with Crippen LogP contribution in [0.2, 0.25) is 0 Å². The van der Waals surface area contributed by atoms with Gasteiger partial charge in [-0.05, 0) is 53.0 Å². The SMILES string of the molecule is CN(C(=O)CCCc1ccc[nH]1)c1ccc(Br)cn1. The Hall–Kier alpha value is -1.62. The maximum absolute atomic E-state index is 12.0. The van der Waals surface area contributed by atoms with E-state index in [9.17, 15) is 4.79 Å². The first-order valence-electron chi connectivity index (χ1n) is 6.17. The Morgan fingerprint density at radius 1 is 1.42 bits per heavy atom. The average Bonchev–Trinajstić information content (AvgIpc) is 2.92. The lowest BCUT2D eigenvalue weighted by molar-refractivity contribution is -0.118. The van der Waals surface area contributed by atoms with Crippen molar-refractivity contribution in [3.63, 3.8) is 0 Å². The highest BCUT2D eigenvalue weighted by molar-refractivity contribution is 9.10. The van der Waals surface area contributed by atoms with Gasteiger partial charge in [0.25, 0.3) is 0 Å². The number of carbonyl (C=O) groups excluding carboxylic acids is 1. The molecule has 5 heteroatoms. The zero-order chi connectivity index (χ0) is 13.7. The van der Waals surface area contributed by atoms with Crippen molar-refractivity contribution in [2.75, 3.05) is 11.9 Å². The van der Waals surface area contributed by atoms with Crippen LogP contribution < -0.4 is 4.90 Å². The first-order valence-corrected chi connectivity index (χ1v) is 6.96. The lowest BCUT2D eigenvalue weighted by atomic mass is 10.2. The highest BCUT2D eigenvalue weighted by Crippen LogP contribution is 2.15. The number of anilines is 1. The van der Waals surface area contributed by atoms with E-state index in [4.69, 9.17) is 0 Å². The van der Waals surface area contributed by atoms with Crippen LogP contribution in [-0.2, 0) is 11.2 Å². The lowest BCUT2D eigenvalue weighted by Crippen LogP contribution is -2.26. The van der Waals surface area contributed by atoms with Crippen molar-refractivity contribution in [2.45, 2.75) is 19.3 Å². The Balaban J connectivity index is 1.83. The molecule has 0 saturated carbocycles. The number of hydrogen-bond acceptors (Lipinski definition) is 2. The Kier molecular flexibility index (Phi) is 4.74. The van der Waals surface area contributed by atoms with E-state index in [1.807, 2.05) is 30.5 Å². The molecule has 0 saturated heterocycles. The standard InChI is InChI=1S/C14H16BrN3O/c1-18(13-8-7-11(15)10-17-13)14(19)6-2-4-12-5-3-9-16-12/h3,5,7-10,16H,2,4,6H2,1H3. The van der Waals surface area contributed by atoms with Gasteiger partial charge in [0.2, 0.25) is 5.91 Å². The number of nitrogens with one attached hydrogen (secondary N) is 1. The summed E-state index contributed by atoms with van der Waals surface area (Å²) in [6.45, 7) is 0. The summed E-state index contributed by atoms with van der Waals surface area (Å²) in [6.07, 6.45) is 5.83. The molecule has 1 N–H and O–H groups in total. The number of pyridine rings is 1. The smallest absolute Gasteiger partial charge is 0.227 e. The molecular formula is C14H16BrN3O. The van der Waals surface area contributed by atoms with Gasteiger partial charge in [-0.3, -0.25) is 9.69 Å². The van der Waals surface area contributed by atoms with Gasteiger partial charge in [0.15, 0.2) is 0 Å². The van der Waals surface area contributed by atoms with E-state index in [1.165, 1.54) is 0 Å². The number of halogens is 1. The quantitative estimate of drug-likeness (QED) is 0.919. The van der Waals surface area contributed by atoms with E-state index in [1.54, 1.807) is 18.1 Å². The molecule has 0 fully saturated rings. The minimum atomic E-state index is 0.0846. The Morgan fingerprint density at radius 2 is 2.26 bits per heavy atom. The molecule has 0 aromatic carbocycles. The minimum absolute atomic E-state index is 0.0846. The number of amides is 1. The fraction of sp³-hybridized carbons (Fsp3) is 0.286. The number of aromatic nitrogens is 2. The van der Waals surface area contributed by atoms with Gasteiger partial charge >= 0.3 is 0 Å². The summed E-state index contributed by atoms with van der Waals surface area (Å²) in [6, 6.07) is 7.71. The van der Waals surface area contributed by atoms with Gasteiger partial charge in [-0.25, -0.2) is 4.98 Å². The number of rotatable bonds is 5. The molecule has 1 amide bonds. The Morgan fingerprint density at radius 3 is 2.89 bits per heavy atom. The number of aromatic amines is 1. The molecule has 2 aromatic rings. The van der Waals surface area contributed by atoms with E-state index in [0.717, 1.165) is 23.0 Å². The van der Waals surface area contributed by atoms with Crippen LogP contribution in [0.4, 0.5) is 5.82 Å². The molecule has 4 nitrogen and oxygen atoms in total. The molecule has 0 radical (unpaired) electrons. The average molecular weight is 322 g/mol. The van der Waals surface area contributed by atoms with Crippen molar-refractivity contribution in [1.82, 2.24) is 9.97 Å². The first-order chi connectivity index (χ1) is 9.16. The minimum Gasteiger partial charge on any atom is -0.365 e. The van der Waals surface area contributed by atoms with E-state index >= 15 is 0 Å². The number of aryl methyl sites for hydroxylation is 1. The van der Waals surface area contributed by atoms with E-state index in [2.05, 4.69) is 25.9 Å². The monoisotopic (exact) mass is 321 g/mol. The molecule has 0 aliphatic rings. The fourth-order valence-corrected chi connectivity index (χ4v) is 2.05. The largest absolute Gasteiger partial charge is 0.365 e. The molecule has 0 atom stereocenters. The normalized spacial score (nSPS) is 10.4. The van der Waals surface area contributed by atoms with Crippen molar-refractivity contribution < 1.29 is 4.79 Å². The molecule has 0 aliphatic heterocycles. The zero-order valence-corrected chi connectivity index (χ0v) is 12.4. The molecule has 2 aromatic heterocycles. The van der Waals surface area contributed by atoms with Crippen LogP contribution in [0.1, 0.15) is 18.5 Å². The maximum atomic E-state index is 12.0. The van der Waals surface area contributed by atoms with Crippen molar-refractivity contribution >= 4 is 27.7 Å². The highest BCUT2D eigenvalue weighted by atomic mass is 79.9. The molecule has 0 unspecified atom stereocenters. The van der Waals surface area contributed by atoms with Gasteiger partial charge in [-0.1, -0.05) is 0 Å². The maximum Gasteiger partial charge on any atom is 0.227 e. The van der Waals surface area contributed by atoms with Crippen molar-refractivity contribution in [1.29, 1.82) is 0 Å². The molecule has 0 bridgehead atoms. The first kappa shape index (κ1) is 13.8. The van der Waals surface area contributed by atoms with Gasteiger partial charge in [0, 0.05) is 36.0 Å². The second kappa shape index (κ2) is 6.52. The Labute approximate surface area is 121 Å². The molecule has 0 spiro atoms. The van der Waals surface area contributed by atoms with Gasteiger partial charge in [-0.15, -0.1) is 0 Å². The molecule has 2 rings (SSSR count). The summed E-state index contributed by atoms with van der Waals surface area (Å²) in [7, 11) is 1.76. The van der Waals surface area contributed by atoms with E-state index in [-0.39, 0.29) is 5.91 Å². The topological polar surface area (TPSA) is 49.0 Å². The van der Waals surface area contributed by atoms with Crippen molar-refractivity contribution in [3.05, 3.63) is 46.8 Å². The third-order valence-corrected chi connectivity index (χ3v) is 3.40. The number of hydrogen-bond donors (Lipinski definition) is 1. The molecular weight excluding hydrogens is 306 g/mol. The number of carbonyl (C=O) groups is 1. The van der Waals surface area contributed by atoms with Crippen LogP contribution in [0.5, 0.6) is 0 Å². The zero-order valence-electron chi connectivity index (χ0n) is 10.8. The molecule has 0 aliphatic carbocycles. The lowest BCUT2D eigenvalue weighted by Gasteiger charge is -2.16.